The van der Waals surface area contributed by atoms with E-state index in [1.165, 1.54) is 23.5 Å². The number of methoxy groups -OCH3 is 1. The van der Waals surface area contributed by atoms with Crippen LogP contribution in [0.4, 0.5) is 11.4 Å². The molecule has 3 rings (SSSR count). The maximum absolute atomic E-state index is 12.7. The SMILES string of the molecule is COCc1nc(-c2ccc([N+](=O)[O-])cc2)c(C(=O)Nc2ccccc2)s1. The number of carbonyl (C=O) groups excluding carboxylic acids is 1. The van der Waals surface area contributed by atoms with E-state index in [4.69, 9.17) is 4.74 Å². The van der Waals surface area contributed by atoms with Gasteiger partial charge in [0, 0.05) is 30.5 Å². The maximum Gasteiger partial charge on any atom is 0.269 e. The lowest BCUT2D eigenvalue weighted by Gasteiger charge is -2.05. The molecule has 7 nitrogen and oxygen atoms in total. The Morgan fingerprint density at radius 2 is 1.88 bits per heavy atom. The van der Waals surface area contributed by atoms with E-state index >= 15 is 0 Å². The molecule has 0 radical (unpaired) electrons. The number of thiazole rings is 1. The highest BCUT2D eigenvalue weighted by Crippen LogP contribution is 2.30. The van der Waals surface area contributed by atoms with Gasteiger partial charge in [0.25, 0.3) is 11.6 Å². The number of rotatable bonds is 6. The molecule has 8 heteroatoms. The van der Waals surface area contributed by atoms with E-state index in [9.17, 15) is 14.9 Å². The molecule has 2 aromatic carbocycles. The van der Waals surface area contributed by atoms with Gasteiger partial charge < -0.3 is 10.1 Å². The summed E-state index contributed by atoms with van der Waals surface area (Å²) in [5, 5.41) is 14.3. The monoisotopic (exact) mass is 369 g/mol. The molecule has 0 aliphatic heterocycles. The minimum Gasteiger partial charge on any atom is -0.378 e. The Morgan fingerprint density at radius 1 is 1.19 bits per heavy atom. The van der Waals surface area contributed by atoms with Gasteiger partial charge in [0.15, 0.2) is 0 Å². The van der Waals surface area contributed by atoms with E-state index < -0.39 is 4.92 Å². The number of anilines is 1. The Morgan fingerprint density at radius 3 is 2.50 bits per heavy atom. The number of amides is 1. The van der Waals surface area contributed by atoms with Gasteiger partial charge in [-0.25, -0.2) is 4.98 Å². The Hall–Kier alpha value is -3.10. The largest absolute Gasteiger partial charge is 0.378 e. The predicted octanol–water partition coefficient (Wildman–Crippen LogP) is 4.12. The van der Waals surface area contributed by atoms with Crippen LogP contribution < -0.4 is 5.32 Å². The number of carbonyl (C=O) groups is 1. The van der Waals surface area contributed by atoms with Crippen LogP contribution >= 0.6 is 11.3 Å². The second-order valence-electron chi connectivity index (χ2n) is 5.34. The number of non-ortho nitro benzene ring substituents is 1. The first-order chi connectivity index (χ1) is 12.6. The first-order valence-electron chi connectivity index (χ1n) is 7.68. The molecule has 0 aliphatic carbocycles. The number of para-hydroxylation sites is 1. The topological polar surface area (TPSA) is 94.4 Å². The van der Waals surface area contributed by atoms with E-state index in [0.717, 1.165) is 0 Å². The predicted molar refractivity (Wildman–Crippen MR) is 99.3 cm³/mol. The molecule has 0 bridgehead atoms. The maximum atomic E-state index is 12.7. The van der Waals surface area contributed by atoms with Crippen LogP contribution in [0.2, 0.25) is 0 Å². The van der Waals surface area contributed by atoms with Gasteiger partial charge >= 0.3 is 0 Å². The lowest BCUT2D eigenvalue weighted by atomic mass is 10.1. The number of nitrogens with one attached hydrogen (secondary N) is 1. The molecular formula is C18H15N3O4S. The third-order valence-corrected chi connectivity index (χ3v) is 4.56. The Kier molecular flexibility index (Phi) is 5.35. The lowest BCUT2D eigenvalue weighted by molar-refractivity contribution is -0.384. The molecule has 0 fully saturated rings. The zero-order valence-corrected chi connectivity index (χ0v) is 14.7. The van der Waals surface area contributed by atoms with Gasteiger partial charge in [-0.15, -0.1) is 11.3 Å². The molecule has 1 amide bonds. The van der Waals surface area contributed by atoms with E-state index in [2.05, 4.69) is 10.3 Å². The zero-order chi connectivity index (χ0) is 18.5. The number of nitrogens with zero attached hydrogens (tertiary/aromatic N) is 2. The van der Waals surface area contributed by atoms with Crippen molar-refractivity contribution in [1.82, 2.24) is 4.98 Å². The van der Waals surface area contributed by atoms with Crippen molar-refractivity contribution < 1.29 is 14.5 Å². The van der Waals surface area contributed by atoms with Gasteiger partial charge in [0.1, 0.15) is 9.88 Å². The van der Waals surface area contributed by atoms with Crippen molar-refractivity contribution in [1.29, 1.82) is 0 Å². The summed E-state index contributed by atoms with van der Waals surface area (Å²) >= 11 is 1.23. The minimum absolute atomic E-state index is 0.0172. The molecule has 0 saturated carbocycles. The van der Waals surface area contributed by atoms with Crippen LogP contribution in [0.25, 0.3) is 11.3 Å². The molecule has 26 heavy (non-hydrogen) atoms. The highest BCUT2D eigenvalue weighted by Gasteiger charge is 2.20. The summed E-state index contributed by atoms with van der Waals surface area (Å²) in [4.78, 5) is 28.0. The highest BCUT2D eigenvalue weighted by molar-refractivity contribution is 7.14. The fourth-order valence-corrected chi connectivity index (χ4v) is 3.30. The van der Waals surface area contributed by atoms with Gasteiger partial charge in [-0.05, 0) is 24.3 Å². The van der Waals surface area contributed by atoms with Crippen LogP contribution in [0.1, 0.15) is 14.7 Å². The number of nitro benzene ring substituents is 1. The standard InChI is InChI=1S/C18H15N3O4S/c1-25-11-15-20-16(12-7-9-14(10-8-12)21(23)24)17(26-15)18(22)19-13-5-3-2-4-6-13/h2-10H,11H2,1H3,(H,19,22). The van der Waals surface area contributed by atoms with Crippen molar-refractivity contribution in [2.24, 2.45) is 0 Å². The molecule has 0 unspecified atom stereocenters. The van der Waals surface area contributed by atoms with Crippen LogP contribution in [0.15, 0.2) is 54.6 Å². The molecule has 0 spiro atoms. The fourth-order valence-electron chi connectivity index (χ4n) is 2.35. The molecule has 1 aromatic heterocycles. The number of ether oxygens (including phenoxy) is 1. The third kappa shape index (κ3) is 3.93. The van der Waals surface area contributed by atoms with Crippen molar-refractivity contribution >= 4 is 28.6 Å². The molecule has 0 aliphatic rings. The summed E-state index contributed by atoms with van der Waals surface area (Å²) in [7, 11) is 1.55. The first kappa shape index (κ1) is 17.7. The summed E-state index contributed by atoms with van der Waals surface area (Å²) in [5.41, 5.74) is 1.77. The van der Waals surface area contributed by atoms with Crippen molar-refractivity contribution in [3.05, 3.63) is 74.6 Å². The first-order valence-corrected chi connectivity index (χ1v) is 8.50. The van der Waals surface area contributed by atoms with E-state index in [0.29, 0.717) is 26.8 Å². The number of hydrogen-bond acceptors (Lipinski definition) is 6. The summed E-state index contributed by atoms with van der Waals surface area (Å²) in [6.07, 6.45) is 0. The third-order valence-electron chi connectivity index (χ3n) is 3.53. The van der Waals surface area contributed by atoms with E-state index in [-0.39, 0.29) is 18.2 Å². The van der Waals surface area contributed by atoms with Crippen LogP contribution in [0.5, 0.6) is 0 Å². The Balaban J connectivity index is 1.96. The van der Waals surface area contributed by atoms with E-state index in [1.807, 2.05) is 18.2 Å². The van der Waals surface area contributed by atoms with Crippen LogP contribution in [-0.4, -0.2) is 22.9 Å². The molecule has 1 heterocycles. The van der Waals surface area contributed by atoms with Crippen molar-refractivity contribution in [2.75, 3.05) is 12.4 Å². The quantitative estimate of drug-likeness (QED) is 0.521. The zero-order valence-electron chi connectivity index (χ0n) is 13.8. The lowest BCUT2D eigenvalue weighted by Crippen LogP contribution is -2.11. The fraction of sp³-hybridized carbons (Fsp3) is 0.111. The van der Waals surface area contributed by atoms with Gasteiger partial charge in [-0.3, -0.25) is 14.9 Å². The van der Waals surface area contributed by atoms with Gasteiger partial charge in [0.05, 0.1) is 17.2 Å². The highest BCUT2D eigenvalue weighted by atomic mass is 32.1. The van der Waals surface area contributed by atoms with Gasteiger partial charge in [-0.2, -0.15) is 0 Å². The Labute approximate surface area is 153 Å². The van der Waals surface area contributed by atoms with Gasteiger partial charge in [0.2, 0.25) is 0 Å². The molecule has 0 saturated heterocycles. The van der Waals surface area contributed by atoms with E-state index in [1.54, 1.807) is 31.4 Å². The molecular weight excluding hydrogens is 354 g/mol. The van der Waals surface area contributed by atoms with Crippen molar-refractivity contribution in [3.63, 3.8) is 0 Å². The molecule has 0 atom stereocenters. The number of aromatic nitrogens is 1. The normalized spacial score (nSPS) is 10.5. The summed E-state index contributed by atoms with van der Waals surface area (Å²) in [6, 6.07) is 15.1. The second-order valence-corrected chi connectivity index (χ2v) is 6.43. The second kappa shape index (κ2) is 7.85. The smallest absolute Gasteiger partial charge is 0.269 e. The molecule has 1 N–H and O–H groups in total. The summed E-state index contributed by atoms with van der Waals surface area (Å²) in [5.74, 6) is -0.288. The Bertz CT molecular complexity index is 923. The number of benzene rings is 2. The summed E-state index contributed by atoms with van der Waals surface area (Å²) < 4.78 is 5.11. The number of nitro groups is 1. The minimum atomic E-state index is -0.468. The van der Waals surface area contributed by atoms with Crippen LogP contribution in [0.3, 0.4) is 0 Å². The van der Waals surface area contributed by atoms with Gasteiger partial charge in [-0.1, -0.05) is 18.2 Å². The average Bonchev–Trinajstić information content (AvgIpc) is 3.07. The summed E-state index contributed by atoms with van der Waals surface area (Å²) in [6.45, 7) is 0.281. The van der Waals surface area contributed by atoms with Crippen LogP contribution in [-0.2, 0) is 11.3 Å². The number of hydrogen-bond donors (Lipinski definition) is 1. The molecule has 3 aromatic rings. The van der Waals surface area contributed by atoms with Crippen LogP contribution in [0, 0.1) is 10.1 Å². The average molecular weight is 369 g/mol. The van der Waals surface area contributed by atoms with Crippen molar-refractivity contribution in [3.8, 4) is 11.3 Å². The molecule has 132 valence electrons. The van der Waals surface area contributed by atoms with Crippen molar-refractivity contribution in [2.45, 2.75) is 6.61 Å².